The van der Waals surface area contributed by atoms with Crippen LogP contribution in [0.2, 0.25) is 0 Å². The highest BCUT2D eigenvalue weighted by Crippen LogP contribution is 2.44. The Bertz CT molecular complexity index is 655. The van der Waals surface area contributed by atoms with Crippen molar-refractivity contribution < 1.29 is 32.2 Å². The van der Waals surface area contributed by atoms with Crippen molar-refractivity contribution >= 4 is 11.9 Å². The Morgan fingerprint density at radius 3 is 2.31 bits per heavy atom. The van der Waals surface area contributed by atoms with Crippen LogP contribution >= 0.6 is 11.9 Å². The molecule has 1 heterocycles. The Morgan fingerprint density at radius 2 is 1.79 bits per heavy atom. The highest BCUT2D eigenvalue weighted by Gasteiger charge is 2.54. The molecule has 5 atom stereocenters. The minimum absolute atomic E-state index is 0.000284. The summed E-state index contributed by atoms with van der Waals surface area (Å²) >= 11 is 1.28. The zero-order chi connectivity index (χ0) is 21.4. The number of halogens is 5. The van der Waals surface area contributed by atoms with Crippen molar-refractivity contribution in [2.24, 2.45) is 5.92 Å². The number of hydrogen-bond donors (Lipinski definition) is 3. The van der Waals surface area contributed by atoms with Gasteiger partial charge in [-0.05, 0) is 57.5 Å². The summed E-state index contributed by atoms with van der Waals surface area (Å²) in [6, 6.07) is -1.11. The van der Waals surface area contributed by atoms with Gasteiger partial charge in [-0.15, -0.1) is 0 Å². The Balaban J connectivity index is 1.53. The van der Waals surface area contributed by atoms with Crippen LogP contribution in [0.5, 0.6) is 0 Å². The summed E-state index contributed by atoms with van der Waals surface area (Å²) in [7, 11) is 1.47. The SMILES string of the molecule is CN1C(C(F)(F)C2CC=C(NSC3CC=C(C(F)(F)F)CC3)CC2O)CC[C@H]1O. The summed E-state index contributed by atoms with van der Waals surface area (Å²) in [4.78, 5) is 1.27. The van der Waals surface area contributed by atoms with E-state index in [0.29, 0.717) is 18.5 Å². The van der Waals surface area contributed by atoms with Crippen molar-refractivity contribution in [1.82, 2.24) is 9.62 Å². The average Bonchev–Trinajstić information content (AvgIpc) is 2.99. The average molecular weight is 442 g/mol. The van der Waals surface area contributed by atoms with Crippen molar-refractivity contribution in [2.75, 3.05) is 7.05 Å². The molecule has 0 aromatic heterocycles. The smallest absolute Gasteiger partial charge is 0.392 e. The Labute approximate surface area is 171 Å². The van der Waals surface area contributed by atoms with Crippen LogP contribution in [0.1, 0.15) is 44.9 Å². The molecule has 3 rings (SSSR count). The van der Waals surface area contributed by atoms with Crippen molar-refractivity contribution in [3.63, 3.8) is 0 Å². The molecule has 0 aromatic rings. The lowest BCUT2D eigenvalue weighted by atomic mass is 9.81. The van der Waals surface area contributed by atoms with E-state index in [4.69, 9.17) is 0 Å². The van der Waals surface area contributed by atoms with E-state index in [9.17, 15) is 32.2 Å². The van der Waals surface area contributed by atoms with Crippen molar-refractivity contribution in [1.29, 1.82) is 0 Å². The van der Waals surface area contributed by atoms with Gasteiger partial charge in [0.15, 0.2) is 0 Å². The third-order valence-electron chi connectivity index (χ3n) is 6.19. The van der Waals surface area contributed by atoms with E-state index in [2.05, 4.69) is 4.72 Å². The zero-order valence-electron chi connectivity index (χ0n) is 16.1. The van der Waals surface area contributed by atoms with E-state index in [1.807, 2.05) is 0 Å². The summed E-state index contributed by atoms with van der Waals surface area (Å²) in [5.41, 5.74) is 0.133. The van der Waals surface area contributed by atoms with Crippen LogP contribution in [0.15, 0.2) is 23.4 Å². The van der Waals surface area contributed by atoms with Crippen molar-refractivity contribution in [3.8, 4) is 0 Å². The minimum Gasteiger partial charge on any atom is -0.392 e. The second-order valence-electron chi connectivity index (χ2n) is 8.10. The lowest BCUT2D eigenvalue weighted by Gasteiger charge is -2.39. The monoisotopic (exact) mass is 442 g/mol. The predicted molar refractivity (Wildman–Crippen MR) is 101 cm³/mol. The fourth-order valence-electron chi connectivity index (χ4n) is 4.34. The molecule has 1 fully saturated rings. The highest BCUT2D eigenvalue weighted by atomic mass is 32.2. The first-order valence-corrected chi connectivity index (χ1v) is 10.7. The maximum atomic E-state index is 15.0. The number of allylic oxidation sites excluding steroid dienone is 3. The van der Waals surface area contributed by atoms with Crippen LogP contribution in [-0.2, 0) is 0 Å². The molecule has 10 heteroatoms. The van der Waals surface area contributed by atoms with Gasteiger partial charge in [-0.25, -0.2) is 8.78 Å². The molecule has 4 unspecified atom stereocenters. The molecule has 3 aliphatic rings. The molecule has 3 N–H and O–H groups in total. The fourth-order valence-corrected chi connectivity index (χ4v) is 5.25. The largest absolute Gasteiger partial charge is 0.412 e. The molecule has 0 saturated carbocycles. The maximum absolute atomic E-state index is 15.0. The Morgan fingerprint density at radius 1 is 1.07 bits per heavy atom. The number of nitrogens with one attached hydrogen (secondary N) is 1. The summed E-state index contributed by atoms with van der Waals surface area (Å²) in [5, 5.41) is 20.1. The molecular weight excluding hydrogens is 415 g/mol. The first kappa shape index (κ1) is 22.8. The summed E-state index contributed by atoms with van der Waals surface area (Å²) in [6.45, 7) is 0. The number of likely N-dealkylation sites (tertiary alicyclic amines) is 1. The van der Waals surface area contributed by atoms with Gasteiger partial charge in [-0.1, -0.05) is 12.2 Å². The number of rotatable bonds is 5. The van der Waals surface area contributed by atoms with Crippen molar-refractivity contribution in [2.45, 2.75) is 80.7 Å². The summed E-state index contributed by atoms with van der Waals surface area (Å²) in [6.07, 6.45) is -2.39. The van der Waals surface area contributed by atoms with Gasteiger partial charge in [0.25, 0.3) is 5.92 Å². The summed E-state index contributed by atoms with van der Waals surface area (Å²) < 4.78 is 71.0. The molecule has 0 radical (unpaired) electrons. The molecule has 166 valence electrons. The molecule has 0 spiro atoms. The second kappa shape index (κ2) is 8.72. The Kier molecular flexibility index (Phi) is 6.87. The molecule has 4 nitrogen and oxygen atoms in total. The van der Waals surface area contributed by atoms with Gasteiger partial charge in [0.05, 0.1) is 18.1 Å². The highest BCUT2D eigenvalue weighted by molar-refractivity contribution is 7.98. The van der Waals surface area contributed by atoms with E-state index < -0.39 is 42.0 Å². The number of aliphatic hydroxyl groups is 2. The third kappa shape index (κ3) is 5.08. The zero-order valence-corrected chi connectivity index (χ0v) is 16.9. The molecule has 0 bridgehead atoms. The van der Waals surface area contributed by atoms with Crippen molar-refractivity contribution in [3.05, 3.63) is 23.4 Å². The molecule has 1 saturated heterocycles. The molecular formula is C19H27F5N2O2S. The molecule has 1 aliphatic heterocycles. The second-order valence-corrected chi connectivity index (χ2v) is 9.21. The van der Waals surface area contributed by atoms with E-state index in [-0.39, 0.29) is 37.4 Å². The van der Waals surface area contributed by atoms with Crippen LogP contribution in [0.3, 0.4) is 0 Å². The third-order valence-corrected chi connectivity index (χ3v) is 7.34. The van der Waals surface area contributed by atoms with Gasteiger partial charge in [-0.2, -0.15) is 13.2 Å². The minimum atomic E-state index is -4.28. The van der Waals surface area contributed by atoms with E-state index in [0.717, 1.165) is 0 Å². The van der Waals surface area contributed by atoms with Gasteiger partial charge in [0, 0.05) is 22.9 Å². The number of nitrogens with zero attached hydrogens (tertiary/aromatic N) is 1. The first-order valence-electron chi connectivity index (χ1n) is 9.83. The first-order chi connectivity index (χ1) is 13.5. The van der Waals surface area contributed by atoms with Crippen LogP contribution in [-0.4, -0.2) is 57.9 Å². The van der Waals surface area contributed by atoms with Gasteiger partial charge in [0.1, 0.15) is 6.23 Å². The van der Waals surface area contributed by atoms with Gasteiger partial charge in [-0.3, -0.25) is 4.90 Å². The van der Waals surface area contributed by atoms with Crippen LogP contribution in [0, 0.1) is 5.92 Å². The summed E-state index contributed by atoms with van der Waals surface area (Å²) in [5.74, 6) is -4.37. The predicted octanol–water partition coefficient (Wildman–Crippen LogP) is 3.97. The molecule has 29 heavy (non-hydrogen) atoms. The molecule has 0 aromatic carbocycles. The van der Waals surface area contributed by atoms with E-state index in [1.54, 1.807) is 6.08 Å². The molecule has 2 aliphatic carbocycles. The number of alkyl halides is 5. The normalized spacial score (nSPS) is 34.7. The lowest BCUT2D eigenvalue weighted by molar-refractivity contribution is -0.155. The quantitative estimate of drug-likeness (QED) is 0.342. The van der Waals surface area contributed by atoms with Crippen LogP contribution in [0.25, 0.3) is 0 Å². The lowest BCUT2D eigenvalue weighted by Crippen LogP contribution is -2.52. The standard InChI is InChI=1S/C19H27F5N2O2S/c1-26-16(8-9-17(26)28)18(20,21)14-7-4-12(10-15(14)27)25-29-13-5-2-11(3-6-13)19(22,23)24/h2,4,13-17,25,27-28H,3,5-10H2,1H3/t13?,14?,15?,16?,17-/m1/s1. The van der Waals surface area contributed by atoms with Gasteiger partial charge in [0.2, 0.25) is 0 Å². The van der Waals surface area contributed by atoms with E-state index >= 15 is 0 Å². The number of aliphatic hydroxyl groups excluding tert-OH is 2. The fraction of sp³-hybridized carbons (Fsp3) is 0.789. The Hall–Kier alpha value is -0.840. The number of hydrogen-bond acceptors (Lipinski definition) is 5. The van der Waals surface area contributed by atoms with Crippen LogP contribution < -0.4 is 4.72 Å². The topological polar surface area (TPSA) is 55.7 Å². The van der Waals surface area contributed by atoms with Gasteiger partial charge >= 0.3 is 6.18 Å². The maximum Gasteiger partial charge on any atom is 0.412 e. The van der Waals surface area contributed by atoms with Crippen LogP contribution in [0.4, 0.5) is 22.0 Å². The van der Waals surface area contributed by atoms with Gasteiger partial charge < -0.3 is 14.9 Å². The van der Waals surface area contributed by atoms with E-state index in [1.165, 1.54) is 30.0 Å². The molecule has 0 amide bonds.